The lowest BCUT2D eigenvalue weighted by Gasteiger charge is -2.50. The molecule has 3 heterocycles. The molecule has 9 N–H and O–H groups in total. The number of hydrogen-bond acceptors (Lipinski definition) is 15. The van der Waals surface area contributed by atoms with Crippen LogP contribution >= 0.6 is 11.3 Å². The second kappa shape index (κ2) is 14.8. The van der Waals surface area contributed by atoms with E-state index in [9.17, 15) is 27.9 Å². The lowest BCUT2D eigenvalue weighted by atomic mass is 9.74. The Bertz CT molecular complexity index is 1690. The van der Waals surface area contributed by atoms with Gasteiger partial charge in [-0.3, -0.25) is 19.6 Å². The number of Topliss-reactive ketones (excluding diaryl/α,β-unsaturated/α-hetero) is 1. The Morgan fingerprint density at radius 2 is 1.90 bits per heavy atom. The summed E-state index contributed by atoms with van der Waals surface area (Å²) in [6, 6.07) is 5.21. The number of hydroxylamine groups is 2. The van der Waals surface area contributed by atoms with Gasteiger partial charge in [-0.05, 0) is 37.1 Å². The standard InChI is InChI=1S/C27H37N9O10S2/c1-27(2)18(23(38)36(27)46-48(41,42)43)10-20(37)22(19-14-47-25(30)32-19)33-45-21(24(39)40)13-44-17-4-3-15-11-35(12-16(15)9-17)26(31)34(7-5-28)8-6-29/h3-4,9,14,18,21,31H,5-8,10-13,28-29H2,1-2H3,(H2,30,32)(H,39,40)(H,41,42,43)/b31-26?,33-22-/t18-,21+/m1/s1. The number of thiazole rings is 1. The van der Waals surface area contributed by atoms with E-state index in [0.717, 1.165) is 22.5 Å². The van der Waals surface area contributed by atoms with Crippen LogP contribution in [-0.4, -0.2) is 112 Å². The largest absolute Gasteiger partial charge is 0.489 e. The number of anilines is 1. The summed E-state index contributed by atoms with van der Waals surface area (Å²) >= 11 is 0.979. The van der Waals surface area contributed by atoms with Gasteiger partial charge in [0.25, 0.3) is 12.0 Å². The number of aliphatic carboxylic acids is 1. The first-order chi connectivity index (χ1) is 22.5. The van der Waals surface area contributed by atoms with Crippen molar-refractivity contribution in [3.63, 3.8) is 0 Å². The number of hydrogen-bond donors (Lipinski definition) is 6. The average Bonchev–Trinajstić information content (AvgIpc) is 3.64. The molecule has 0 spiro atoms. The highest BCUT2D eigenvalue weighted by atomic mass is 32.3. The molecule has 0 saturated carbocycles. The van der Waals surface area contributed by atoms with Gasteiger partial charge in [-0.2, -0.15) is 13.5 Å². The van der Waals surface area contributed by atoms with Gasteiger partial charge >= 0.3 is 16.4 Å². The van der Waals surface area contributed by atoms with Gasteiger partial charge in [0.2, 0.25) is 0 Å². The van der Waals surface area contributed by atoms with Crippen molar-refractivity contribution in [1.82, 2.24) is 19.8 Å². The van der Waals surface area contributed by atoms with E-state index in [-0.39, 0.29) is 10.8 Å². The SMILES string of the molecule is CC1(C)[C@H](CC(=O)/C(=N\O[C@@H](COc2ccc3c(c2)CN(C(=N)N(CCN)CCN)C3)C(=O)O)c2csc(N)n2)C(=O)N1OS(=O)(=O)O. The second-order valence-corrected chi connectivity index (χ2v) is 13.3. The molecular formula is C27H37N9O10S2. The van der Waals surface area contributed by atoms with Gasteiger partial charge in [0, 0.05) is 51.1 Å². The summed E-state index contributed by atoms with van der Waals surface area (Å²) in [6.45, 7) is 4.96. The summed E-state index contributed by atoms with van der Waals surface area (Å²) in [5, 5.41) is 24.1. The molecule has 2 atom stereocenters. The molecule has 0 radical (unpaired) electrons. The average molecular weight is 712 g/mol. The number of amides is 1. The topological polar surface area (TPSA) is 290 Å². The molecule has 0 aliphatic carbocycles. The van der Waals surface area contributed by atoms with Gasteiger partial charge < -0.3 is 41.7 Å². The summed E-state index contributed by atoms with van der Waals surface area (Å²) < 4.78 is 41.3. The Morgan fingerprint density at radius 3 is 2.46 bits per heavy atom. The number of nitrogen functional groups attached to an aromatic ring is 1. The minimum absolute atomic E-state index is 0.0339. The van der Waals surface area contributed by atoms with Crippen LogP contribution in [0.3, 0.4) is 0 Å². The zero-order valence-corrected chi connectivity index (χ0v) is 27.7. The molecule has 48 heavy (non-hydrogen) atoms. The van der Waals surface area contributed by atoms with Crippen molar-refractivity contribution in [2.75, 3.05) is 38.5 Å². The lowest BCUT2D eigenvalue weighted by molar-refractivity contribution is -0.228. The number of rotatable bonds is 16. The predicted molar refractivity (Wildman–Crippen MR) is 171 cm³/mol. The molecule has 2 aromatic rings. The lowest BCUT2D eigenvalue weighted by Crippen LogP contribution is -2.68. The highest BCUT2D eigenvalue weighted by molar-refractivity contribution is 7.80. The highest BCUT2D eigenvalue weighted by Crippen LogP contribution is 2.40. The van der Waals surface area contributed by atoms with E-state index in [1.165, 1.54) is 19.2 Å². The van der Waals surface area contributed by atoms with Crippen molar-refractivity contribution in [3.8, 4) is 5.75 Å². The summed E-state index contributed by atoms with van der Waals surface area (Å²) in [4.78, 5) is 50.9. The Balaban J connectivity index is 1.44. The van der Waals surface area contributed by atoms with Crippen LogP contribution < -0.4 is 21.9 Å². The van der Waals surface area contributed by atoms with E-state index in [2.05, 4.69) is 14.4 Å². The first kappa shape index (κ1) is 36.4. The number of carbonyl (C=O) groups is 3. The quantitative estimate of drug-likeness (QED) is 0.0416. The summed E-state index contributed by atoms with van der Waals surface area (Å²) in [5.74, 6) is -3.57. The molecule has 21 heteroatoms. The number of nitrogens with zero attached hydrogens (tertiary/aromatic N) is 5. The van der Waals surface area contributed by atoms with Crippen molar-refractivity contribution in [3.05, 3.63) is 40.4 Å². The zero-order valence-electron chi connectivity index (χ0n) is 26.1. The Labute approximate surface area is 279 Å². The molecule has 1 aromatic carbocycles. The van der Waals surface area contributed by atoms with Crippen LogP contribution in [0.15, 0.2) is 28.7 Å². The number of guanidine groups is 1. The maximum absolute atomic E-state index is 13.4. The monoisotopic (exact) mass is 711 g/mol. The number of aromatic nitrogens is 1. The summed E-state index contributed by atoms with van der Waals surface area (Å²) in [5.41, 5.74) is 17.2. The molecule has 2 aliphatic rings. The van der Waals surface area contributed by atoms with Crippen molar-refractivity contribution in [2.45, 2.75) is 45.0 Å². The third kappa shape index (κ3) is 8.35. The number of oxime groups is 1. The van der Waals surface area contributed by atoms with Gasteiger partial charge in [0.1, 0.15) is 18.1 Å². The molecule has 262 valence electrons. The molecular weight excluding hydrogens is 674 g/mol. The van der Waals surface area contributed by atoms with Gasteiger partial charge in [-0.1, -0.05) is 11.2 Å². The van der Waals surface area contributed by atoms with E-state index in [4.69, 9.17) is 36.7 Å². The third-order valence-corrected chi connectivity index (χ3v) is 8.72. The highest BCUT2D eigenvalue weighted by Gasteiger charge is 2.57. The van der Waals surface area contributed by atoms with Gasteiger partial charge in [0.15, 0.2) is 22.6 Å². The van der Waals surface area contributed by atoms with Crippen LogP contribution in [0.25, 0.3) is 0 Å². The number of nitrogens with one attached hydrogen (secondary N) is 1. The van der Waals surface area contributed by atoms with E-state index in [1.54, 1.807) is 17.0 Å². The van der Waals surface area contributed by atoms with Crippen LogP contribution in [0.5, 0.6) is 5.75 Å². The fourth-order valence-electron chi connectivity index (χ4n) is 5.17. The number of fused-ring (bicyclic) bond motifs is 1. The maximum Gasteiger partial charge on any atom is 0.418 e. The van der Waals surface area contributed by atoms with Crippen molar-refractivity contribution in [2.24, 2.45) is 22.5 Å². The number of carbonyl (C=O) groups excluding carboxylic acids is 2. The normalized spacial score (nSPS) is 17.8. The number of nitrogens with two attached hydrogens (primary N) is 3. The molecule has 2 aliphatic heterocycles. The fourth-order valence-corrected chi connectivity index (χ4v) is 6.17. The van der Waals surface area contributed by atoms with Gasteiger partial charge in [0.05, 0.1) is 11.5 Å². The van der Waals surface area contributed by atoms with Gasteiger partial charge in [-0.25, -0.2) is 9.78 Å². The maximum atomic E-state index is 13.4. The fraction of sp³-hybridized carbons (Fsp3) is 0.481. The Kier molecular flexibility index (Phi) is 11.2. The summed E-state index contributed by atoms with van der Waals surface area (Å²) in [6.07, 6.45) is -2.19. The molecule has 1 saturated heterocycles. The molecule has 0 unspecified atom stereocenters. The van der Waals surface area contributed by atoms with Crippen LogP contribution in [0.4, 0.5) is 5.13 Å². The smallest absolute Gasteiger partial charge is 0.418 e. The third-order valence-electron chi connectivity index (χ3n) is 7.71. The minimum Gasteiger partial charge on any atom is -0.489 e. The number of benzene rings is 1. The number of ether oxygens (including phenoxy) is 1. The molecule has 1 fully saturated rings. The predicted octanol–water partition coefficient (Wildman–Crippen LogP) is -0.621. The number of carboxylic acid groups (broad SMARTS) is 1. The van der Waals surface area contributed by atoms with Crippen molar-refractivity contribution < 1.29 is 46.3 Å². The molecule has 4 rings (SSSR count). The number of ketones is 1. The Morgan fingerprint density at radius 1 is 1.23 bits per heavy atom. The molecule has 0 bridgehead atoms. The summed E-state index contributed by atoms with van der Waals surface area (Å²) in [7, 11) is -5.00. The first-order valence-electron chi connectivity index (χ1n) is 14.5. The van der Waals surface area contributed by atoms with E-state index < -0.39 is 64.4 Å². The van der Waals surface area contributed by atoms with E-state index in [0.29, 0.717) is 56.0 Å². The first-order valence-corrected chi connectivity index (χ1v) is 16.8. The van der Waals surface area contributed by atoms with E-state index in [1.807, 2.05) is 11.0 Å². The van der Waals surface area contributed by atoms with Crippen molar-refractivity contribution >= 4 is 56.2 Å². The van der Waals surface area contributed by atoms with Crippen LogP contribution in [-0.2, 0) is 47.0 Å². The van der Waals surface area contributed by atoms with Gasteiger partial charge in [-0.15, -0.1) is 15.6 Å². The van der Waals surface area contributed by atoms with Crippen LogP contribution in [0, 0.1) is 11.3 Å². The number of carboxylic acids is 1. The van der Waals surface area contributed by atoms with Crippen molar-refractivity contribution in [1.29, 1.82) is 5.41 Å². The molecule has 1 amide bonds. The van der Waals surface area contributed by atoms with E-state index >= 15 is 0 Å². The minimum atomic E-state index is -5.00. The zero-order chi connectivity index (χ0) is 35.4. The number of β-lactam (4-membered cyclic amide) rings is 1. The molecule has 19 nitrogen and oxygen atoms in total. The molecule has 1 aromatic heterocycles. The van der Waals surface area contributed by atoms with Crippen LogP contribution in [0.1, 0.15) is 37.1 Å². The van der Waals surface area contributed by atoms with Crippen LogP contribution in [0.2, 0.25) is 0 Å². The second-order valence-electron chi connectivity index (χ2n) is 11.4. The Hall–Kier alpha value is -4.41.